The van der Waals surface area contributed by atoms with Crippen LogP contribution in [0.15, 0.2) is 47.3 Å². The minimum atomic E-state index is -0.248. The smallest absolute Gasteiger partial charge is 0.319 e. The molecule has 2 amide bonds. The molecule has 2 N–H and O–H groups in total. The summed E-state index contributed by atoms with van der Waals surface area (Å²) in [5, 5.41) is 6.54. The van der Waals surface area contributed by atoms with Gasteiger partial charge in [0.2, 0.25) is 0 Å². The first kappa shape index (κ1) is 23.1. The van der Waals surface area contributed by atoms with E-state index in [1.165, 1.54) is 0 Å². The Morgan fingerprint density at radius 3 is 2.61 bits per heavy atom. The van der Waals surface area contributed by atoms with Crippen LogP contribution in [0.5, 0.6) is 0 Å². The van der Waals surface area contributed by atoms with Crippen molar-refractivity contribution in [2.24, 2.45) is 5.92 Å². The standard InChI is InChI=1S/C25H30ClN5O2/c1-16(2)15-31-22-10-5-4-8-21(22)28-23(24(31)32)30-13-11-18(12-14-30)27-25(33)29-20-9-6-7-19(26)17(20)3/h4-10,16,18H,11-15H2,1-3H3,(H2,27,29,33). The van der Waals surface area contributed by atoms with Crippen LogP contribution in [0, 0.1) is 12.8 Å². The number of anilines is 2. The Kier molecular flexibility index (Phi) is 6.88. The van der Waals surface area contributed by atoms with Gasteiger partial charge in [0.1, 0.15) is 0 Å². The number of nitrogens with zero attached hydrogens (tertiary/aromatic N) is 3. The Hall–Kier alpha value is -3.06. The molecule has 8 heteroatoms. The molecule has 0 atom stereocenters. The molecule has 0 unspecified atom stereocenters. The van der Waals surface area contributed by atoms with Gasteiger partial charge in [0.05, 0.1) is 11.0 Å². The summed E-state index contributed by atoms with van der Waals surface area (Å²) in [7, 11) is 0. The summed E-state index contributed by atoms with van der Waals surface area (Å²) in [5.41, 5.74) is 3.17. The number of urea groups is 1. The summed E-state index contributed by atoms with van der Waals surface area (Å²) in [5.74, 6) is 0.838. The van der Waals surface area contributed by atoms with Gasteiger partial charge in [-0.2, -0.15) is 0 Å². The Labute approximate surface area is 198 Å². The minimum absolute atomic E-state index is 0.0269. The van der Waals surface area contributed by atoms with Gasteiger partial charge in [0.15, 0.2) is 5.82 Å². The molecule has 0 aliphatic carbocycles. The first-order chi connectivity index (χ1) is 15.8. The third-order valence-electron chi connectivity index (χ3n) is 6.03. The van der Waals surface area contributed by atoms with Gasteiger partial charge in [0, 0.05) is 36.4 Å². The van der Waals surface area contributed by atoms with Gasteiger partial charge in [0.25, 0.3) is 5.56 Å². The quantitative estimate of drug-likeness (QED) is 0.564. The largest absolute Gasteiger partial charge is 0.352 e. The zero-order chi connectivity index (χ0) is 23.5. The fraction of sp³-hybridized carbons (Fsp3) is 0.400. The average molecular weight is 468 g/mol. The molecule has 1 fully saturated rings. The van der Waals surface area contributed by atoms with E-state index >= 15 is 0 Å². The van der Waals surface area contributed by atoms with Crippen molar-refractivity contribution in [2.45, 2.75) is 46.2 Å². The van der Waals surface area contributed by atoms with Crippen LogP contribution in [-0.2, 0) is 6.54 Å². The van der Waals surface area contributed by atoms with Crippen molar-refractivity contribution in [2.75, 3.05) is 23.3 Å². The number of piperidine rings is 1. The van der Waals surface area contributed by atoms with E-state index in [1.54, 1.807) is 6.07 Å². The number of nitrogens with one attached hydrogen (secondary N) is 2. The summed E-state index contributed by atoms with van der Waals surface area (Å²) in [6.07, 6.45) is 1.47. The summed E-state index contributed by atoms with van der Waals surface area (Å²) in [6.45, 7) is 8.05. The minimum Gasteiger partial charge on any atom is -0.352 e. The molecule has 1 saturated heterocycles. The number of carbonyl (C=O) groups excluding carboxylic acids is 1. The van der Waals surface area contributed by atoms with Crippen LogP contribution >= 0.6 is 11.6 Å². The van der Waals surface area contributed by atoms with E-state index < -0.39 is 0 Å². The Morgan fingerprint density at radius 2 is 1.88 bits per heavy atom. The second kappa shape index (κ2) is 9.83. The molecule has 0 radical (unpaired) electrons. The summed E-state index contributed by atoms with van der Waals surface area (Å²) in [6, 6.07) is 13.0. The Morgan fingerprint density at radius 1 is 1.15 bits per heavy atom. The average Bonchev–Trinajstić information content (AvgIpc) is 2.79. The third-order valence-corrected chi connectivity index (χ3v) is 6.44. The molecule has 4 rings (SSSR count). The number of fused-ring (bicyclic) bond motifs is 1. The number of carbonyl (C=O) groups is 1. The van der Waals surface area contributed by atoms with Gasteiger partial charge in [-0.15, -0.1) is 0 Å². The first-order valence-corrected chi connectivity index (χ1v) is 11.8. The number of halogens is 1. The molecular formula is C25H30ClN5O2. The van der Waals surface area contributed by atoms with Crippen LogP contribution in [-0.4, -0.2) is 34.7 Å². The molecule has 1 aliphatic rings. The molecule has 33 heavy (non-hydrogen) atoms. The summed E-state index contributed by atoms with van der Waals surface area (Å²) in [4.78, 5) is 32.6. The Bertz CT molecular complexity index is 1220. The van der Waals surface area contributed by atoms with Crippen molar-refractivity contribution in [3.8, 4) is 0 Å². The van der Waals surface area contributed by atoms with Gasteiger partial charge in [-0.1, -0.05) is 43.6 Å². The second-order valence-corrected chi connectivity index (χ2v) is 9.41. The lowest BCUT2D eigenvalue weighted by atomic mass is 10.1. The first-order valence-electron chi connectivity index (χ1n) is 11.4. The molecule has 0 spiro atoms. The molecule has 2 aromatic carbocycles. The number of aromatic nitrogens is 2. The lowest BCUT2D eigenvalue weighted by Gasteiger charge is -2.33. The SMILES string of the molecule is Cc1c(Cl)cccc1NC(=O)NC1CCN(c2nc3ccccc3n(CC(C)C)c2=O)CC1. The van der Waals surface area contributed by atoms with Gasteiger partial charge >= 0.3 is 6.03 Å². The number of para-hydroxylation sites is 2. The summed E-state index contributed by atoms with van der Waals surface area (Å²) >= 11 is 6.14. The monoisotopic (exact) mass is 467 g/mol. The lowest BCUT2D eigenvalue weighted by molar-refractivity contribution is 0.246. The third kappa shape index (κ3) is 5.14. The van der Waals surface area contributed by atoms with E-state index in [1.807, 2.05) is 52.8 Å². The van der Waals surface area contributed by atoms with Gasteiger partial charge in [-0.05, 0) is 55.5 Å². The maximum absolute atomic E-state index is 13.3. The van der Waals surface area contributed by atoms with Crippen LogP contribution in [0.2, 0.25) is 5.02 Å². The van der Waals surface area contributed by atoms with E-state index in [0.717, 1.165) is 29.4 Å². The molecule has 0 saturated carbocycles. The number of hydrogen-bond donors (Lipinski definition) is 2. The fourth-order valence-electron chi connectivity index (χ4n) is 4.25. The number of benzene rings is 2. The van der Waals surface area contributed by atoms with Crippen molar-refractivity contribution < 1.29 is 4.79 Å². The highest BCUT2D eigenvalue weighted by Gasteiger charge is 2.25. The van der Waals surface area contributed by atoms with Crippen molar-refractivity contribution >= 4 is 40.2 Å². The van der Waals surface area contributed by atoms with E-state index in [-0.39, 0.29) is 17.6 Å². The van der Waals surface area contributed by atoms with Crippen molar-refractivity contribution in [3.05, 3.63) is 63.4 Å². The molecule has 0 bridgehead atoms. The summed E-state index contributed by atoms with van der Waals surface area (Å²) < 4.78 is 1.84. The van der Waals surface area contributed by atoms with Crippen molar-refractivity contribution in [1.82, 2.24) is 14.9 Å². The predicted octanol–water partition coefficient (Wildman–Crippen LogP) is 4.80. The number of hydrogen-bond acceptors (Lipinski definition) is 4. The zero-order valence-corrected chi connectivity index (χ0v) is 20.0. The maximum Gasteiger partial charge on any atom is 0.319 e. The molecule has 1 aromatic heterocycles. The highest BCUT2D eigenvalue weighted by Crippen LogP contribution is 2.23. The van der Waals surface area contributed by atoms with Crippen LogP contribution in [0.3, 0.4) is 0 Å². The Balaban J connectivity index is 1.44. The number of amides is 2. The van der Waals surface area contributed by atoms with Crippen LogP contribution in [0.4, 0.5) is 16.3 Å². The van der Waals surface area contributed by atoms with Crippen molar-refractivity contribution in [1.29, 1.82) is 0 Å². The maximum atomic E-state index is 13.3. The van der Waals surface area contributed by atoms with Crippen molar-refractivity contribution in [3.63, 3.8) is 0 Å². The van der Waals surface area contributed by atoms with E-state index in [0.29, 0.717) is 42.1 Å². The van der Waals surface area contributed by atoms with Crippen LogP contribution < -0.4 is 21.1 Å². The highest BCUT2D eigenvalue weighted by atomic mass is 35.5. The van der Waals surface area contributed by atoms with Gasteiger partial charge < -0.3 is 20.1 Å². The second-order valence-electron chi connectivity index (χ2n) is 9.01. The van der Waals surface area contributed by atoms with Gasteiger partial charge in [-0.25, -0.2) is 9.78 Å². The fourth-order valence-corrected chi connectivity index (χ4v) is 4.43. The lowest BCUT2D eigenvalue weighted by Crippen LogP contribution is -2.47. The highest BCUT2D eigenvalue weighted by molar-refractivity contribution is 6.31. The molecular weight excluding hydrogens is 438 g/mol. The molecule has 7 nitrogen and oxygen atoms in total. The molecule has 1 aliphatic heterocycles. The molecule has 2 heterocycles. The zero-order valence-electron chi connectivity index (χ0n) is 19.3. The van der Waals surface area contributed by atoms with Crippen LogP contribution in [0.25, 0.3) is 11.0 Å². The number of rotatable bonds is 5. The van der Waals surface area contributed by atoms with Gasteiger partial charge in [-0.3, -0.25) is 4.79 Å². The topological polar surface area (TPSA) is 79.3 Å². The van der Waals surface area contributed by atoms with E-state index in [2.05, 4.69) is 24.5 Å². The molecule has 174 valence electrons. The molecule has 3 aromatic rings. The normalized spacial score (nSPS) is 14.6. The van der Waals surface area contributed by atoms with E-state index in [9.17, 15) is 9.59 Å². The van der Waals surface area contributed by atoms with Crippen LogP contribution in [0.1, 0.15) is 32.3 Å². The van der Waals surface area contributed by atoms with E-state index in [4.69, 9.17) is 16.6 Å². The predicted molar refractivity (Wildman–Crippen MR) is 134 cm³/mol.